The first-order chi connectivity index (χ1) is 16.4. The van der Waals surface area contributed by atoms with Gasteiger partial charge in [-0.1, -0.05) is 31.5 Å². The van der Waals surface area contributed by atoms with Crippen LogP contribution in [0.15, 0.2) is 29.6 Å². The van der Waals surface area contributed by atoms with Crippen LogP contribution in [0.4, 0.5) is 5.13 Å². The van der Waals surface area contributed by atoms with Gasteiger partial charge in [-0.25, -0.2) is 4.98 Å². The van der Waals surface area contributed by atoms with E-state index in [2.05, 4.69) is 11.9 Å². The summed E-state index contributed by atoms with van der Waals surface area (Å²) in [6.07, 6.45) is 2.52. The molecule has 2 heterocycles. The van der Waals surface area contributed by atoms with Gasteiger partial charge in [-0.2, -0.15) is 0 Å². The molecule has 34 heavy (non-hydrogen) atoms. The second-order valence-electron chi connectivity index (χ2n) is 8.27. The van der Waals surface area contributed by atoms with Crippen LogP contribution in [0, 0.1) is 5.92 Å². The van der Waals surface area contributed by atoms with E-state index in [-0.39, 0.29) is 24.4 Å². The monoisotopic (exact) mass is 487 g/mol. The van der Waals surface area contributed by atoms with Crippen LogP contribution < -0.4 is 9.64 Å². The van der Waals surface area contributed by atoms with Gasteiger partial charge in [0.15, 0.2) is 5.13 Å². The summed E-state index contributed by atoms with van der Waals surface area (Å²) in [5.41, 5.74) is 1.41. The second-order valence-corrected chi connectivity index (χ2v) is 9.10. The number of anilines is 1. The third-order valence-electron chi connectivity index (χ3n) is 6.05. The second kappa shape index (κ2) is 12.0. The van der Waals surface area contributed by atoms with Crippen LogP contribution in [0.25, 0.3) is 0 Å². The Morgan fingerprint density at radius 3 is 2.71 bits per heavy atom. The van der Waals surface area contributed by atoms with E-state index in [1.165, 1.54) is 18.3 Å². The average molecular weight is 488 g/mol. The molecule has 0 spiro atoms. The predicted molar refractivity (Wildman–Crippen MR) is 131 cm³/mol. The van der Waals surface area contributed by atoms with E-state index in [0.29, 0.717) is 42.5 Å². The van der Waals surface area contributed by atoms with E-state index < -0.39 is 12.0 Å². The Balaban J connectivity index is 1.81. The van der Waals surface area contributed by atoms with Gasteiger partial charge in [0.05, 0.1) is 24.8 Å². The number of thiazole rings is 1. The number of ether oxygens (including phenoxy) is 2. The zero-order valence-electron chi connectivity index (χ0n) is 20.3. The lowest BCUT2D eigenvalue weighted by molar-refractivity contribution is -0.158. The molecule has 0 N–H and O–H groups in total. The van der Waals surface area contributed by atoms with Crippen LogP contribution in [-0.2, 0) is 25.7 Å². The molecule has 1 aromatic carbocycles. The van der Waals surface area contributed by atoms with Gasteiger partial charge in [-0.05, 0) is 25.8 Å². The van der Waals surface area contributed by atoms with Crippen molar-refractivity contribution in [2.45, 2.75) is 59.1 Å². The van der Waals surface area contributed by atoms with E-state index in [1.54, 1.807) is 17.4 Å². The average Bonchev–Trinajstić information content (AvgIpc) is 3.30. The number of unbranched alkanes of at least 4 members (excludes halogenated alkanes) is 1. The quantitative estimate of drug-likeness (QED) is 0.463. The number of benzene rings is 1. The molecule has 0 bridgehead atoms. The molecule has 0 aliphatic carbocycles. The molecule has 2 amide bonds. The number of amides is 2. The van der Waals surface area contributed by atoms with Crippen molar-refractivity contribution >= 4 is 34.3 Å². The maximum atomic E-state index is 13.3. The van der Waals surface area contributed by atoms with Crippen LogP contribution in [0.2, 0.25) is 0 Å². The maximum Gasteiger partial charge on any atom is 0.311 e. The van der Waals surface area contributed by atoms with Crippen molar-refractivity contribution in [2.24, 2.45) is 5.92 Å². The molecule has 3 rings (SSSR count). The number of para-hydroxylation sites is 1. The summed E-state index contributed by atoms with van der Waals surface area (Å²) in [7, 11) is 1.59. The Hall–Kier alpha value is -2.94. The lowest BCUT2D eigenvalue weighted by Crippen LogP contribution is -2.46. The van der Waals surface area contributed by atoms with Gasteiger partial charge >= 0.3 is 5.97 Å². The molecule has 0 radical (unpaired) electrons. The highest BCUT2D eigenvalue weighted by Gasteiger charge is 2.42. The summed E-state index contributed by atoms with van der Waals surface area (Å²) >= 11 is 1.34. The molecule has 1 fully saturated rings. The highest BCUT2D eigenvalue weighted by atomic mass is 32.1. The molecule has 8 nitrogen and oxygen atoms in total. The Bertz CT molecular complexity index is 1010. The third kappa shape index (κ3) is 5.75. The standard InChI is InChI=1S/C25H33N3O5S/c1-5-7-14-28-22(30)13-12-20(23(28)19-10-8-9-11-21(19)32-4)24(31)33-15-18-16-34-25(26-18)27(6-2)17(3)29/h8-11,16,20,23H,5-7,12-15H2,1-4H3. The summed E-state index contributed by atoms with van der Waals surface area (Å²) < 4.78 is 11.3. The van der Waals surface area contributed by atoms with E-state index in [1.807, 2.05) is 36.1 Å². The summed E-state index contributed by atoms with van der Waals surface area (Å²) in [6.45, 7) is 6.57. The van der Waals surface area contributed by atoms with Gasteiger partial charge in [-0.3, -0.25) is 19.3 Å². The zero-order valence-corrected chi connectivity index (χ0v) is 21.1. The number of likely N-dealkylation sites (tertiary alicyclic amines) is 1. The van der Waals surface area contributed by atoms with Gasteiger partial charge in [0.1, 0.15) is 12.4 Å². The minimum absolute atomic E-state index is 0.0167. The van der Waals surface area contributed by atoms with Crippen LogP contribution in [-0.4, -0.2) is 47.9 Å². The molecule has 2 atom stereocenters. The smallest absolute Gasteiger partial charge is 0.311 e. The lowest BCUT2D eigenvalue weighted by atomic mass is 9.83. The molecule has 1 saturated heterocycles. The van der Waals surface area contributed by atoms with Gasteiger partial charge in [0.25, 0.3) is 0 Å². The number of hydrogen-bond donors (Lipinski definition) is 0. The van der Waals surface area contributed by atoms with Crippen LogP contribution in [0.5, 0.6) is 5.75 Å². The molecule has 2 unspecified atom stereocenters. The van der Waals surface area contributed by atoms with Crippen LogP contribution in [0.3, 0.4) is 0 Å². The lowest BCUT2D eigenvalue weighted by Gasteiger charge is -2.40. The minimum atomic E-state index is -0.506. The number of nitrogens with zero attached hydrogens (tertiary/aromatic N) is 3. The molecule has 2 aromatic rings. The van der Waals surface area contributed by atoms with Crippen molar-refractivity contribution in [3.63, 3.8) is 0 Å². The van der Waals surface area contributed by atoms with E-state index in [9.17, 15) is 14.4 Å². The number of piperidine rings is 1. The first-order valence-corrected chi connectivity index (χ1v) is 12.6. The molecule has 184 valence electrons. The van der Waals surface area contributed by atoms with E-state index in [0.717, 1.165) is 18.4 Å². The number of esters is 1. The highest BCUT2D eigenvalue weighted by Crippen LogP contribution is 2.41. The molecule has 1 aromatic heterocycles. The van der Waals surface area contributed by atoms with Crippen molar-refractivity contribution < 1.29 is 23.9 Å². The summed E-state index contributed by atoms with van der Waals surface area (Å²) in [6, 6.07) is 7.07. The number of carbonyl (C=O) groups is 3. The topological polar surface area (TPSA) is 89.0 Å². The van der Waals surface area contributed by atoms with Gasteiger partial charge in [-0.15, -0.1) is 11.3 Å². The number of rotatable bonds is 10. The van der Waals surface area contributed by atoms with Crippen molar-refractivity contribution in [1.29, 1.82) is 0 Å². The SMILES string of the molecule is CCCCN1C(=O)CCC(C(=O)OCc2csc(N(CC)C(C)=O)n2)C1c1ccccc1OC. The number of methoxy groups -OCH3 is 1. The molecule has 1 aliphatic heterocycles. The Morgan fingerprint density at radius 1 is 1.26 bits per heavy atom. The van der Waals surface area contributed by atoms with Gasteiger partial charge in [0.2, 0.25) is 11.8 Å². The summed E-state index contributed by atoms with van der Waals surface area (Å²) in [5.74, 6) is -0.262. The normalized spacial score (nSPS) is 18.0. The minimum Gasteiger partial charge on any atom is -0.496 e. The first-order valence-electron chi connectivity index (χ1n) is 11.7. The van der Waals surface area contributed by atoms with Crippen LogP contribution >= 0.6 is 11.3 Å². The van der Waals surface area contributed by atoms with Gasteiger partial charge in [0, 0.05) is 37.4 Å². The maximum absolute atomic E-state index is 13.3. The van der Waals surface area contributed by atoms with Crippen molar-refractivity contribution in [1.82, 2.24) is 9.88 Å². The van der Waals surface area contributed by atoms with Gasteiger partial charge < -0.3 is 14.4 Å². The fraction of sp³-hybridized carbons (Fsp3) is 0.520. The number of aromatic nitrogens is 1. The zero-order chi connectivity index (χ0) is 24.7. The third-order valence-corrected chi connectivity index (χ3v) is 6.96. The van der Waals surface area contributed by atoms with Crippen molar-refractivity contribution in [3.05, 3.63) is 40.9 Å². The largest absolute Gasteiger partial charge is 0.496 e. The fourth-order valence-corrected chi connectivity index (χ4v) is 5.24. The highest BCUT2D eigenvalue weighted by molar-refractivity contribution is 7.14. The predicted octanol–water partition coefficient (Wildman–Crippen LogP) is 4.35. The Labute approximate surface area is 204 Å². The van der Waals surface area contributed by atoms with Crippen molar-refractivity contribution in [3.8, 4) is 5.75 Å². The molecule has 1 aliphatic rings. The summed E-state index contributed by atoms with van der Waals surface area (Å²) in [4.78, 5) is 45.8. The number of carbonyl (C=O) groups excluding carboxylic acids is 3. The Morgan fingerprint density at radius 2 is 2.03 bits per heavy atom. The fourth-order valence-electron chi connectivity index (χ4n) is 4.32. The molecule has 9 heteroatoms. The van der Waals surface area contributed by atoms with E-state index >= 15 is 0 Å². The van der Waals surface area contributed by atoms with Crippen LogP contribution in [0.1, 0.15) is 63.8 Å². The number of hydrogen-bond acceptors (Lipinski definition) is 7. The summed E-state index contributed by atoms with van der Waals surface area (Å²) in [5, 5.41) is 2.38. The molecular weight excluding hydrogens is 454 g/mol. The Kier molecular flexibility index (Phi) is 9.04. The van der Waals surface area contributed by atoms with Crippen molar-refractivity contribution in [2.75, 3.05) is 25.1 Å². The van der Waals surface area contributed by atoms with E-state index in [4.69, 9.17) is 9.47 Å². The molecular formula is C25H33N3O5S. The molecule has 0 saturated carbocycles. The first kappa shape index (κ1) is 25.7.